The quantitative estimate of drug-likeness (QED) is 0.561. The number of ether oxygens (including phenoxy) is 1. The van der Waals surface area contributed by atoms with Crippen LogP contribution in [0.3, 0.4) is 0 Å². The fraction of sp³-hybridized carbons (Fsp3) is 0.267. The molecule has 2 fully saturated rings. The molecule has 4 atom stereocenters. The van der Waals surface area contributed by atoms with Crippen LogP contribution in [0, 0.1) is 23.2 Å². The van der Waals surface area contributed by atoms with Gasteiger partial charge in [-0.15, -0.1) is 0 Å². The summed E-state index contributed by atoms with van der Waals surface area (Å²) >= 11 is 0. The molecule has 3 aliphatic rings. The number of nitrogens with zero attached hydrogens (tertiary/aromatic N) is 2. The van der Waals surface area contributed by atoms with Gasteiger partial charge in [0.15, 0.2) is 0 Å². The summed E-state index contributed by atoms with van der Waals surface area (Å²) in [7, 11) is 0. The number of hydrogen-bond acceptors (Lipinski definition) is 4. The Balaban J connectivity index is 1.72. The average molecular weight is 266 g/mol. The predicted octanol–water partition coefficient (Wildman–Crippen LogP) is 1.00. The second-order valence-corrected chi connectivity index (χ2v) is 5.17. The molecule has 98 valence electrons. The van der Waals surface area contributed by atoms with Crippen LogP contribution in [0.15, 0.2) is 36.4 Å². The van der Waals surface area contributed by atoms with Crippen molar-refractivity contribution in [3.63, 3.8) is 0 Å². The lowest BCUT2D eigenvalue weighted by molar-refractivity contribution is -0.124. The van der Waals surface area contributed by atoms with Gasteiger partial charge >= 0.3 is 0 Å². The summed E-state index contributed by atoms with van der Waals surface area (Å²) in [6, 6.07) is 8.48. The molecule has 3 heterocycles. The number of fused-ring (bicyclic) bond motifs is 5. The lowest BCUT2D eigenvalue weighted by Crippen LogP contribution is -2.34. The zero-order valence-corrected chi connectivity index (χ0v) is 10.4. The Morgan fingerprint density at radius 2 is 1.55 bits per heavy atom. The topological polar surface area (TPSA) is 70.4 Å². The van der Waals surface area contributed by atoms with E-state index in [4.69, 9.17) is 10.00 Å². The minimum absolute atomic E-state index is 0.207. The van der Waals surface area contributed by atoms with E-state index in [0.717, 1.165) is 0 Å². The van der Waals surface area contributed by atoms with Crippen molar-refractivity contribution >= 4 is 17.5 Å². The normalized spacial score (nSPS) is 33.6. The molecule has 3 aliphatic heterocycles. The second-order valence-electron chi connectivity index (χ2n) is 5.17. The van der Waals surface area contributed by atoms with Crippen molar-refractivity contribution in [2.45, 2.75) is 12.2 Å². The minimum atomic E-state index is -0.395. The molecule has 5 nitrogen and oxygen atoms in total. The highest BCUT2D eigenvalue weighted by molar-refractivity contribution is 6.23. The van der Waals surface area contributed by atoms with E-state index < -0.39 is 11.8 Å². The van der Waals surface area contributed by atoms with Gasteiger partial charge in [-0.2, -0.15) is 5.26 Å². The first kappa shape index (κ1) is 11.4. The zero-order chi connectivity index (χ0) is 13.9. The van der Waals surface area contributed by atoms with E-state index in [0.29, 0.717) is 11.3 Å². The molecule has 0 aliphatic carbocycles. The van der Waals surface area contributed by atoms with Gasteiger partial charge in [-0.25, -0.2) is 4.90 Å². The number of carbonyl (C=O) groups is 2. The first-order valence-electron chi connectivity index (χ1n) is 6.42. The van der Waals surface area contributed by atoms with Gasteiger partial charge in [0, 0.05) is 0 Å². The molecule has 0 aromatic heterocycles. The van der Waals surface area contributed by atoms with Crippen LogP contribution in [0.2, 0.25) is 0 Å². The highest BCUT2D eigenvalue weighted by atomic mass is 16.5. The molecular weight excluding hydrogens is 256 g/mol. The molecule has 0 N–H and O–H groups in total. The van der Waals surface area contributed by atoms with E-state index in [-0.39, 0.29) is 24.0 Å². The first-order valence-corrected chi connectivity index (χ1v) is 6.42. The molecule has 5 heteroatoms. The van der Waals surface area contributed by atoms with Gasteiger partial charge < -0.3 is 4.74 Å². The number of imide groups is 1. The number of amides is 2. The van der Waals surface area contributed by atoms with E-state index >= 15 is 0 Å². The summed E-state index contributed by atoms with van der Waals surface area (Å²) in [6.45, 7) is 0. The Hall–Kier alpha value is -2.45. The van der Waals surface area contributed by atoms with Crippen molar-refractivity contribution in [3.05, 3.63) is 42.0 Å². The van der Waals surface area contributed by atoms with Crippen molar-refractivity contribution in [2.75, 3.05) is 4.90 Å². The lowest BCUT2D eigenvalue weighted by Gasteiger charge is -2.17. The standard InChI is InChI=1S/C15H10N2O3/c16-7-8-1-3-9(4-2-8)17-14(18)12-10-5-6-11(20-10)13(12)15(17)19/h1-6,10-13H/t10-,11+,12-,13+. The summed E-state index contributed by atoms with van der Waals surface area (Å²) < 4.78 is 5.58. The average Bonchev–Trinajstić information content (AvgIpc) is 3.14. The van der Waals surface area contributed by atoms with Gasteiger partial charge in [0.25, 0.3) is 0 Å². The minimum Gasteiger partial charge on any atom is -0.365 e. The smallest absolute Gasteiger partial charge is 0.240 e. The number of rotatable bonds is 1. The predicted molar refractivity (Wildman–Crippen MR) is 68.4 cm³/mol. The Morgan fingerprint density at radius 1 is 1.00 bits per heavy atom. The van der Waals surface area contributed by atoms with Gasteiger partial charge in [-0.05, 0) is 24.3 Å². The molecule has 2 bridgehead atoms. The van der Waals surface area contributed by atoms with Crippen molar-refractivity contribution < 1.29 is 14.3 Å². The van der Waals surface area contributed by atoms with E-state index in [1.54, 1.807) is 24.3 Å². The van der Waals surface area contributed by atoms with Gasteiger partial charge in [-0.1, -0.05) is 12.2 Å². The van der Waals surface area contributed by atoms with Crippen molar-refractivity contribution in [3.8, 4) is 6.07 Å². The van der Waals surface area contributed by atoms with Crippen LogP contribution in [0.25, 0.3) is 0 Å². The van der Waals surface area contributed by atoms with Crippen LogP contribution in [-0.2, 0) is 14.3 Å². The van der Waals surface area contributed by atoms with E-state index in [9.17, 15) is 9.59 Å². The molecule has 0 radical (unpaired) electrons. The number of hydrogen-bond donors (Lipinski definition) is 0. The fourth-order valence-electron chi connectivity index (χ4n) is 3.24. The first-order chi connectivity index (χ1) is 9.70. The molecule has 2 saturated heterocycles. The van der Waals surface area contributed by atoms with E-state index in [2.05, 4.69) is 0 Å². The monoisotopic (exact) mass is 266 g/mol. The molecule has 1 aromatic carbocycles. The zero-order valence-electron chi connectivity index (χ0n) is 10.4. The number of nitriles is 1. The third kappa shape index (κ3) is 1.29. The summed E-state index contributed by atoms with van der Waals surface area (Å²) in [6.07, 6.45) is 3.17. The largest absolute Gasteiger partial charge is 0.365 e. The molecule has 2 amide bonds. The van der Waals surface area contributed by atoms with E-state index in [1.165, 1.54) is 4.90 Å². The van der Waals surface area contributed by atoms with Crippen LogP contribution in [-0.4, -0.2) is 24.0 Å². The molecule has 0 spiro atoms. The van der Waals surface area contributed by atoms with Gasteiger partial charge in [-0.3, -0.25) is 9.59 Å². The maximum Gasteiger partial charge on any atom is 0.240 e. The highest BCUT2D eigenvalue weighted by Crippen LogP contribution is 2.46. The second kappa shape index (κ2) is 3.78. The molecule has 1 aromatic rings. The Kier molecular flexibility index (Phi) is 2.15. The summed E-state index contributed by atoms with van der Waals surface area (Å²) in [5.74, 6) is -1.20. The van der Waals surface area contributed by atoms with Crippen molar-refractivity contribution in [1.29, 1.82) is 5.26 Å². The number of anilines is 1. The van der Waals surface area contributed by atoms with Crippen LogP contribution in [0.1, 0.15) is 5.56 Å². The maximum atomic E-state index is 12.5. The molecule has 4 rings (SSSR count). The summed E-state index contributed by atoms with van der Waals surface area (Å²) in [5.41, 5.74) is 1.02. The van der Waals surface area contributed by atoms with Crippen LogP contribution in [0.5, 0.6) is 0 Å². The maximum absolute atomic E-state index is 12.5. The number of carbonyl (C=O) groups excluding carboxylic acids is 2. The van der Waals surface area contributed by atoms with E-state index in [1.807, 2.05) is 18.2 Å². The number of benzene rings is 1. The Labute approximate surface area is 115 Å². The van der Waals surface area contributed by atoms with Crippen LogP contribution >= 0.6 is 0 Å². The van der Waals surface area contributed by atoms with Crippen LogP contribution in [0.4, 0.5) is 5.69 Å². The third-order valence-electron chi connectivity index (χ3n) is 4.17. The third-order valence-corrected chi connectivity index (χ3v) is 4.17. The fourth-order valence-corrected chi connectivity index (χ4v) is 3.24. The van der Waals surface area contributed by atoms with Gasteiger partial charge in [0.2, 0.25) is 11.8 Å². The Morgan fingerprint density at radius 3 is 2.05 bits per heavy atom. The Bertz CT molecular complexity index is 656. The van der Waals surface area contributed by atoms with Gasteiger partial charge in [0.05, 0.1) is 41.4 Å². The van der Waals surface area contributed by atoms with Crippen molar-refractivity contribution in [2.24, 2.45) is 11.8 Å². The SMILES string of the molecule is N#Cc1ccc(N2C(=O)[C@@H]3[C@H](C2=O)[C@H]2C=C[C@@H]3O2)cc1. The van der Waals surface area contributed by atoms with Crippen molar-refractivity contribution in [1.82, 2.24) is 0 Å². The lowest BCUT2D eigenvalue weighted by atomic mass is 9.85. The molecule has 20 heavy (non-hydrogen) atoms. The summed E-state index contributed by atoms with van der Waals surface area (Å²) in [5, 5.41) is 8.78. The van der Waals surface area contributed by atoms with Gasteiger partial charge in [0.1, 0.15) is 0 Å². The van der Waals surface area contributed by atoms with Crippen LogP contribution < -0.4 is 4.90 Å². The molecular formula is C15H10N2O3. The highest BCUT2D eigenvalue weighted by Gasteiger charge is 2.60. The summed E-state index contributed by atoms with van der Waals surface area (Å²) in [4.78, 5) is 26.2. The molecule has 0 saturated carbocycles. The molecule has 0 unspecified atom stereocenters.